The van der Waals surface area contributed by atoms with Gasteiger partial charge in [0.2, 0.25) is 0 Å². The summed E-state index contributed by atoms with van der Waals surface area (Å²) in [6.45, 7) is 6.87. The highest BCUT2D eigenvalue weighted by atomic mass is 79.9. The molecule has 0 bridgehead atoms. The van der Waals surface area contributed by atoms with Gasteiger partial charge in [-0.2, -0.15) is 0 Å². The van der Waals surface area contributed by atoms with Gasteiger partial charge in [0, 0.05) is 0 Å². The Morgan fingerprint density at radius 2 is 1.07 bits per heavy atom. The number of hydrogen-bond acceptors (Lipinski definition) is 2. The molecule has 0 aromatic heterocycles. The first-order valence-electron chi connectivity index (χ1n) is 9.48. The Bertz CT molecular complexity index is 843. The van der Waals surface area contributed by atoms with E-state index in [9.17, 15) is 0 Å². The smallest absolute Gasteiger partial charge is 0.199 e. The molecule has 1 aliphatic heterocycles. The molecule has 1 aliphatic rings. The fourth-order valence-electron chi connectivity index (χ4n) is 3.93. The topological polar surface area (TPSA) is 24.4 Å². The minimum absolute atomic E-state index is 0. The summed E-state index contributed by atoms with van der Waals surface area (Å²) in [7, 11) is -2.07. The SMILES string of the molecule is Br.CC1NN=C([P+](c2ccccc2)(c2ccccc2)c2ccccc2)C1(C)C. The predicted molar refractivity (Wildman–Crippen MR) is 129 cm³/mol. The third-order valence-corrected chi connectivity index (χ3v) is 10.3. The Hall–Kier alpha value is -1.96. The van der Waals surface area contributed by atoms with Crippen LogP contribution in [0.4, 0.5) is 0 Å². The van der Waals surface area contributed by atoms with Crippen molar-refractivity contribution in [3.05, 3.63) is 91.0 Å². The molecule has 28 heavy (non-hydrogen) atoms. The van der Waals surface area contributed by atoms with Gasteiger partial charge < -0.3 is 5.43 Å². The molecule has 3 aromatic rings. The van der Waals surface area contributed by atoms with Crippen LogP contribution >= 0.6 is 24.2 Å². The molecule has 0 amide bonds. The predicted octanol–water partition coefficient (Wildman–Crippen LogP) is 4.89. The molecule has 0 fully saturated rings. The molecule has 4 rings (SSSR count). The van der Waals surface area contributed by atoms with Crippen LogP contribution in [0.5, 0.6) is 0 Å². The summed E-state index contributed by atoms with van der Waals surface area (Å²) in [5.41, 5.74) is 4.61. The monoisotopic (exact) mass is 453 g/mol. The first kappa shape index (κ1) is 20.8. The summed E-state index contributed by atoms with van der Waals surface area (Å²) in [6.07, 6.45) is 0. The molecule has 0 aliphatic carbocycles. The van der Waals surface area contributed by atoms with Gasteiger partial charge in [0.05, 0.1) is 11.5 Å². The number of rotatable bonds is 4. The normalized spacial score (nSPS) is 18.0. The van der Waals surface area contributed by atoms with Crippen molar-refractivity contribution in [1.29, 1.82) is 0 Å². The van der Waals surface area contributed by atoms with E-state index in [0.717, 1.165) is 0 Å². The van der Waals surface area contributed by atoms with Crippen LogP contribution in [0, 0.1) is 5.41 Å². The van der Waals surface area contributed by atoms with Gasteiger partial charge in [-0.05, 0) is 57.2 Å². The van der Waals surface area contributed by atoms with Crippen molar-refractivity contribution in [2.75, 3.05) is 0 Å². The van der Waals surface area contributed by atoms with Gasteiger partial charge in [-0.1, -0.05) is 54.6 Å². The quantitative estimate of drug-likeness (QED) is 0.558. The number of nitrogens with zero attached hydrogens (tertiary/aromatic N) is 1. The zero-order valence-corrected chi connectivity index (χ0v) is 19.1. The summed E-state index contributed by atoms with van der Waals surface area (Å²) >= 11 is 0. The maximum absolute atomic E-state index is 4.99. The van der Waals surface area contributed by atoms with E-state index in [-0.39, 0.29) is 22.4 Å². The highest BCUT2D eigenvalue weighted by Crippen LogP contribution is 2.62. The van der Waals surface area contributed by atoms with Gasteiger partial charge in [-0.25, -0.2) is 0 Å². The molecule has 1 unspecified atom stereocenters. The Morgan fingerprint density at radius 3 is 1.36 bits per heavy atom. The molecule has 144 valence electrons. The van der Waals surface area contributed by atoms with Gasteiger partial charge in [0.15, 0.2) is 12.7 Å². The lowest BCUT2D eigenvalue weighted by molar-refractivity contribution is 0.405. The average molecular weight is 454 g/mol. The van der Waals surface area contributed by atoms with Crippen LogP contribution in [-0.2, 0) is 0 Å². The zero-order chi connectivity index (χ0) is 18.9. The maximum atomic E-state index is 4.99. The van der Waals surface area contributed by atoms with E-state index < -0.39 is 7.26 Å². The van der Waals surface area contributed by atoms with E-state index in [1.165, 1.54) is 21.4 Å². The Balaban J connectivity index is 0.00000225. The molecule has 3 aromatic carbocycles. The van der Waals surface area contributed by atoms with Crippen molar-refractivity contribution in [1.82, 2.24) is 5.43 Å². The number of benzene rings is 3. The Labute approximate surface area is 179 Å². The molecule has 0 saturated heterocycles. The van der Waals surface area contributed by atoms with E-state index in [4.69, 9.17) is 5.10 Å². The van der Waals surface area contributed by atoms with Crippen LogP contribution in [-0.4, -0.2) is 11.5 Å². The van der Waals surface area contributed by atoms with Crippen molar-refractivity contribution >= 4 is 45.6 Å². The van der Waals surface area contributed by atoms with Crippen molar-refractivity contribution in [2.24, 2.45) is 10.5 Å². The molecule has 1 heterocycles. The summed E-state index contributed by atoms with van der Waals surface area (Å²) in [5.74, 6) is 0. The lowest BCUT2D eigenvalue weighted by atomic mass is 9.88. The van der Waals surface area contributed by atoms with Gasteiger partial charge >= 0.3 is 0 Å². The second-order valence-electron chi connectivity index (χ2n) is 7.69. The molecule has 2 nitrogen and oxygen atoms in total. The third kappa shape index (κ3) is 3.21. The Kier molecular flexibility index (Phi) is 6.07. The second kappa shape index (κ2) is 8.19. The van der Waals surface area contributed by atoms with Crippen LogP contribution < -0.4 is 21.3 Å². The molecular weight excluding hydrogens is 427 g/mol. The number of hydrogen-bond donors (Lipinski definition) is 1. The van der Waals surface area contributed by atoms with E-state index in [1.807, 2.05) is 0 Å². The standard InChI is InChI=1S/C24H26N2P.BrH/c1-19-24(2,3)23(26-25-19)27(20-13-7-4-8-14-20,21-15-9-5-10-16-21)22-17-11-6-12-18-22;/h4-19,25H,1-3H3;1H/q+1;. The number of hydrazone groups is 1. The molecule has 1 atom stereocenters. The van der Waals surface area contributed by atoms with Crippen molar-refractivity contribution in [3.8, 4) is 0 Å². The summed E-state index contributed by atoms with van der Waals surface area (Å²) < 4.78 is 0. The average Bonchev–Trinajstić information content (AvgIpc) is 2.99. The van der Waals surface area contributed by atoms with E-state index in [1.54, 1.807) is 0 Å². The van der Waals surface area contributed by atoms with Crippen molar-refractivity contribution in [2.45, 2.75) is 26.8 Å². The lowest BCUT2D eigenvalue weighted by Gasteiger charge is -2.33. The van der Waals surface area contributed by atoms with Crippen LogP contribution in [0.25, 0.3) is 0 Å². The molecule has 0 radical (unpaired) electrons. The molecular formula is C24H27BrN2P+. The van der Waals surface area contributed by atoms with E-state index in [0.29, 0.717) is 6.04 Å². The van der Waals surface area contributed by atoms with Crippen molar-refractivity contribution < 1.29 is 0 Å². The summed E-state index contributed by atoms with van der Waals surface area (Å²) in [5, 5.41) is 9.04. The minimum Gasteiger partial charge on any atom is -0.303 e. The van der Waals surface area contributed by atoms with Crippen LogP contribution in [0.15, 0.2) is 96.1 Å². The minimum atomic E-state index is -2.07. The fraction of sp³-hybridized carbons (Fsp3) is 0.208. The third-order valence-electron chi connectivity index (χ3n) is 5.77. The van der Waals surface area contributed by atoms with Gasteiger partial charge in [0.25, 0.3) is 0 Å². The molecule has 0 spiro atoms. The lowest BCUT2D eigenvalue weighted by Crippen LogP contribution is -2.44. The Morgan fingerprint density at radius 1 is 0.714 bits per heavy atom. The number of nitrogens with one attached hydrogen (secondary N) is 1. The first-order valence-corrected chi connectivity index (χ1v) is 11.3. The van der Waals surface area contributed by atoms with Crippen LogP contribution in [0.1, 0.15) is 20.8 Å². The van der Waals surface area contributed by atoms with Gasteiger partial charge in [0.1, 0.15) is 15.9 Å². The second-order valence-corrected chi connectivity index (χ2v) is 11.0. The summed E-state index contributed by atoms with van der Waals surface area (Å²) in [6, 6.07) is 33.1. The van der Waals surface area contributed by atoms with Crippen LogP contribution in [0.3, 0.4) is 0 Å². The van der Waals surface area contributed by atoms with E-state index >= 15 is 0 Å². The molecule has 1 N–H and O–H groups in total. The highest BCUT2D eigenvalue weighted by molar-refractivity contribution is 8.93. The van der Waals surface area contributed by atoms with Crippen molar-refractivity contribution in [3.63, 3.8) is 0 Å². The molecule has 4 heteroatoms. The van der Waals surface area contributed by atoms with Gasteiger partial charge in [-0.15, -0.1) is 22.1 Å². The fourth-order valence-corrected chi connectivity index (χ4v) is 8.69. The van der Waals surface area contributed by atoms with E-state index in [2.05, 4.69) is 117 Å². The summed E-state index contributed by atoms with van der Waals surface area (Å²) in [4.78, 5) is 0. The highest BCUT2D eigenvalue weighted by Gasteiger charge is 2.59. The first-order chi connectivity index (χ1) is 13.1. The molecule has 0 saturated carbocycles. The zero-order valence-electron chi connectivity index (χ0n) is 16.5. The van der Waals surface area contributed by atoms with Crippen LogP contribution in [0.2, 0.25) is 0 Å². The maximum Gasteiger partial charge on any atom is 0.199 e. The largest absolute Gasteiger partial charge is 0.303 e. The van der Waals surface area contributed by atoms with Gasteiger partial charge in [-0.3, -0.25) is 0 Å². The number of halogens is 1.